The van der Waals surface area contributed by atoms with Gasteiger partial charge in [0.05, 0.1) is 30.8 Å². The van der Waals surface area contributed by atoms with Gasteiger partial charge in [-0.1, -0.05) is 6.08 Å². The number of aromatic nitrogens is 1. The number of nitrogens with zero attached hydrogens (tertiary/aromatic N) is 2. The van der Waals surface area contributed by atoms with Crippen molar-refractivity contribution in [2.24, 2.45) is 10.7 Å². The molecule has 1 aromatic heterocycles. The van der Waals surface area contributed by atoms with Crippen molar-refractivity contribution in [3.63, 3.8) is 0 Å². The number of hydrogen-bond acceptors (Lipinski definition) is 10. The van der Waals surface area contributed by atoms with Crippen molar-refractivity contribution >= 4 is 23.4 Å². The molecular weight excluding hydrogens is 638 g/mol. The Morgan fingerprint density at radius 2 is 1.40 bits per heavy atom. The van der Waals surface area contributed by atoms with Gasteiger partial charge >= 0.3 is 12.7 Å². The number of alkyl halides is 6. The van der Waals surface area contributed by atoms with E-state index in [1.165, 1.54) is 24.3 Å². The molecule has 6 N–H and O–H groups in total. The molecule has 1 unspecified atom stereocenters. The van der Waals surface area contributed by atoms with E-state index in [2.05, 4.69) is 24.8 Å². The van der Waals surface area contributed by atoms with E-state index >= 15 is 0 Å². The normalized spacial score (nSPS) is 14.6. The van der Waals surface area contributed by atoms with Gasteiger partial charge in [-0.25, -0.2) is 4.99 Å². The van der Waals surface area contributed by atoms with Crippen molar-refractivity contribution in [2.45, 2.75) is 18.8 Å². The van der Waals surface area contributed by atoms with Gasteiger partial charge in [-0.2, -0.15) is 0 Å². The maximum Gasteiger partial charge on any atom is 0.573 e. The smallest absolute Gasteiger partial charge is 0.490 e. The summed E-state index contributed by atoms with van der Waals surface area (Å²) in [4.78, 5) is 8.23. The molecule has 1 atom stereocenters. The summed E-state index contributed by atoms with van der Waals surface area (Å²) in [6.07, 6.45) is -1.56. The fraction of sp³-hybridized carbons (Fsp3) is 0.233. The second-order valence-corrected chi connectivity index (χ2v) is 9.12. The van der Waals surface area contributed by atoms with Crippen molar-refractivity contribution in [3.05, 3.63) is 96.7 Å². The van der Waals surface area contributed by atoms with E-state index in [4.69, 9.17) is 31.1 Å². The number of nitrogens with two attached hydrogens (primary N) is 2. The van der Waals surface area contributed by atoms with Gasteiger partial charge in [0.15, 0.2) is 0 Å². The van der Waals surface area contributed by atoms with Crippen molar-refractivity contribution in [2.75, 3.05) is 32.2 Å². The lowest BCUT2D eigenvalue weighted by Crippen LogP contribution is -2.38. The molecule has 3 aromatic rings. The largest absolute Gasteiger partial charge is 0.573 e. The average Bonchev–Trinajstić information content (AvgIpc) is 3.02. The quantitative estimate of drug-likeness (QED) is 0.0597. The van der Waals surface area contributed by atoms with E-state index in [0.29, 0.717) is 55.0 Å². The molecular formula is C30H30F6N6O5. The predicted molar refractivity (Wildman–Crippen MR) is 160 cm³/mol. The topological polar surface area (TPSA) is 159 Å². The number of benzene rings is 2. The third-order valence-electron chi connectivity index (χ3n) is 5.52. The summed E-state index contributed by atoms with van der Waals surface area (Å²) in [6.45, 7) is 1.42. The number of dihydropyridines is 1. The van der Waals surface area contributed by atoms with Crippen LogP contribution in [0.1, 0.15) is 5.69 Å². The van der Waals surface area contributed by atoms with E-state index in [0.717, 1.165) is 30.5 Å². The summed E-state index contributed by atoms with van der Waals surface area (Å²) in [5.74, 6) is 0.811. The minimum absolute atomic E-state index is 0.229. The van der Waals surface area contributed by atoms with Crippen LogP contribution in [-0.2, 0) is 9.47 Å². The third-order valence-corrected chi connectivity index (χ3v) is 5.52. The van der Waals surface area contributed by atoms with Crippen LogP contribution in [-0.4, -0.2) is 62.2 Å². The van der Waals surface area contributed by atoms with Crippen molar-refractivity contribution in [1.29, 1.82) is 5.41 Å². The van der Waals surface area contributed by atoms with Crippen LogP contribution < -0.4 is 31.0 Å². The number of hydrogen-bond donors (Lipinski definition) is 4. The molecule has 252 valence electrons. The van der Waals surface area contributed by atoms with Gasteiger partial charge in [-0.15, -0.1) is 26.3 Å². The molecule has 0 spiro atoms. The highest BCUT2D eigenvalue weighted by atomic mass is 19.4. The lowest BCUT2D eigenvalue weighted by Gasteiger charge is -2.18. The van der Waals surface area contributed by atoms with Crippen LogP contribution in [0, 0.1) is 5.41 Å². The first kappa shape index (κ1) is 36.0. The number of allylic oxidation sites excluding steroid dienone is 1. The van der Waals surface area contributed by atoms with Gasteiger partial charge in [0.2, 0.25) is 0 Å². The van der Waals surface area contributed by atoms with Gasteiger partial charge < -0.3 is 45.9 Å². The minimum Gasteiger partial charge on any atom is -0.490 e. The molecule has 2 heterocycles. The summed E-state index contributed by atoms with van der Waals surface area (Å²) in [6, 6.07) is 13.1. The number of halogens is 6. The fourth-order valence-electron chi connectivity index (χ4n) is 3.45. The predicted octanol–water partition coefficient (Wildman–Crippen LogP) is 5.62. The molecule has 0 aliphatic carbocycles. The highest BCUT2D eigenvalue weighted by Crippen LogP contribution is 2.25. The molecule has 0 amide bonds. The Labute approximate surface area is 265 Å². The van der Waals surface area contributed by atoms with E-state index in [9.17, 15) is 26.3 Å². The van der Waals surface area contributed by atoms with E-state index < -0.39 is 18.8 Å². The first-order valence-electron chi connectivity index (χ1n) is 13.5. The zero-order valence-electron chi connectivity index (χ0n) is 24.4. The van der Waals surface area contributed by atoms with Gasteiger partial charge in [0.1, 0.15) is 48.1 Å². The second-order valence-electron chi connectivity index (χ2n) is 9.12. The molecule has 0 saturated heterocycles. The molecule has 11 nitrogen and oxygen atoms in total. The van der Waals surface area contributed by atoms with Crippen LogP contribution in [0.25, 0.3) is 0 Å². The second kappa shape index (κ2) is 17.3. The Morgan fingerprint density at radius 3 is 1.91 bits per heavy atom. The molecule has 1 aliphatic heterocycles. The van der Waals surface area contributed by atoms with Crippen LogP contribution in [0.2, 0.25) is 0 Å². The first-order valence-corrected chi connectivity index (χ1v) is 13.5. The highest BCUT2D eigenvalue weighted by Gasteiger charge is 2.31. The van der Waals surface area contributed by atoms with Crippen molar-refractivity contribution in [1.82, 2.24) is 10.3 Å². The number of rotatable bonds is 13. The maximum atomic E-state index is 12.2. The number of anilines is 1. The van der Waals surface area contributed by atoms with Crippen molar-refractivity contribution in [3.8, 4) is 17.2 Å². The van der Waals surface area contributed by atoms with Crippen LogP contribution in [0.15, 0.2) is 96.0 Å². The van der Waals surface area contributed by atoms with E-state index in [1.54, 1.807) is 36.7 Å². The maximum absolute atomic E-state index is 12.2. The zero-order chi connectivity index (χ0) is 34.3. The molecule has 0 radical (unpaired) electrons. The number of ether oxygens (including phenoxy) is 5. The molecule has 2 aromatic carbocycles. The minimum atomic E-state index is -4.75. The molecule has 4 rings (SSSR count). The lowest BCUT2D eigenvalue weighted by atomic mass is 10.2. The van der Waals surface area contributed by atoms with E-state index in [-0.39, 0.29) is 17.3 Å². The Hall–Kier alpha value is -5.45. The van der Waals surface area contributed by atoms with Crippen LogP contribution >= 0.6 is 0 Å². The standard InChI is InChI=1S/C23H24F3N5O4.C7H6F3NO/c24-23(25,26)35-18-4-1-16(2-5-18)31-22(28)21-8-7-20(15-30-21)34-12-10-32-9-11-33-19-6-3-17(13-27)29-14-19;8-7(9,10)12-6-3-1-5(11)2-4-6/h1-8,13-15,21,27,30H,9-12H2,(H2,28,31);1-4H,11H2. The Morgan fingerprint density at radius 1 is 0.830 bits per heavy atom. The van der Waals surface area contributed by atoms with Crippen LogP contribution in [0.3, 0.4) is 0 Å². The Kier molecular flexibility index (Phi) is 13.3. The molecule has 47 heavy (non-hydrogen) atoms. The third kappa shape index (κ3) is 14.5. The Bertz CT molecular complexity index is 1500. The number of aliphatic imine (C=N–C) groups is 1. The summed E-state index contributed by atoms with van der Waals surface area (Å²) < 4.78 is 95.4. The molecule has 0 saturated carbocycles. The molecule has 17 heteroatoms. The van der Waals surface area contributed by atoms with E-state index in [1.807, 2.05) is 0 Å². The van der Waals surface area contributed by atoms with Gasteiger partial charge in [-0.3, -0.25) is 4.98 Å². The summed E-state index contributed by atoms with van der Waals surface area (Å²) in [7, 11) is 0. The molecule has 0 bridgehead atoms. The number of nitrogens with one attached hydrogen (secondary N) is 2. The zero-order valence-corrected chi connectivity index (χ0v) is 24.4. The van der Waals surface area contributed by atoms with Gasteiger partial charge in [-0.05, 0) is 66.7 Å². The molecule has 0 fully saturated rings. The summed E-state index contributed by atoms with van der Waals surface area (Å²) in [5, 5.41) is 10.1. The SMILES string of the molecule is N=Cc1ccc(OCCOCCOC2=CNC(C(N)=Nc3ccc(OC(F)(F)F)cc3)C=C2)cn1.Nc1ccc(OC(F)(F)F)cc1. The van der Waals surface area contributed by atoms with Gasteiger partial charge in [0, 0.05) is 18.1 Å². The molecule has 1 aliphatic rings. The van der Waals surface area contributed by atoms with Crippen LogP contribution in [0.4, 0.5) is 37.7 Å². The fourth-order valence-corrected chi connectivity index (χ4v) is 3.45. The van der Waals surface area contributed by atoms with Crippen molar-refractivity contribution < 1.29 is 50.0 Å². The lowest BCUT2D eigenvalue weighted by molar-refractivity contribution is -0.275. The number of nitrogen functional groups attached to an aromatic ring is 1. The number of amidine groups is 1. The summed E-state index contributed by atoms with van der Waals surface area (Å²) >= 11 is 0. The monoisotopic (exact) mass is 668 g/mol. The highest BCUT2D eigenvalue weighted by molar-refractivity contribution is 5.90. The van der Waals surface area contributed by atoms with Gasteiger partial charge in [0.25, 0.3) is 0 Å². The average molecular weight is 669 g/mol. The first-order chi connectivity index (χ1) is 22.3. The summed E-state index contributed by atoms with van der Waals surface area (Å²) in [5.41, 5.74) is 12.6. The van der Waals surface area contributed by atoms with Crippen LogP contribution in [0.5, 0.6) is 17.2 Å². The number of pyridine rings is 1. The Balaban J connectivity index is 0.000000420.